The first kappa shape index (κ1) is 14.1. The largest absolute Gasteiger partial charge is 0.471 e. The van der Waals surface area contributed by atoms with E-state index in [2.05, 4.69) is 0 Å². The number of nitrogens with zero attached hydrogens (tertiary/aromatic N) is 1. The highest BCUT2D eigenvalue weighted by molar-refractivity contribution is 6.14. The Hall–Kier alpha value is -2.31. The number of benzene rings is 1. The number of carbonyl (C=O) groups excluding carboxylic acids is 2. The molecule has 1 heterocycles. The summed E-state index contributed by atoms with van der Waals surface area (Å²) in [5.74, 6) is -3.32. The molecule has 0 aliphatic heterocycles. The van der Waals surface area contributed by atoms with Crippen LogP contribution in [0.3, 0.4) is 0 Å². The Balaban J connectivity index is 2.46. The summed E-state index contributed by atoms with van der Waals surface area (Å²) in [5, 5.41) is 1.87. The van der Waals surface area contributed by atoms with E-state index >= 15 is 0 Å². The van der Waals surface area contributed by atoms with Gasteiger partial charge in [0.15, 0.2) is 0 Å². The van der Waals surface area contributed by atoms with Crippen molar-refractivity contribution in [3.8, 4) is 0 Å². The zero-order valence-electron chi connectivity index (χ0n) is 10.7. The fraction of sp³-hybridized carbons (Fsp3) is 0.231. The van der Waals surface area contributed by atoms with E-state index in [4.69, 9.17) is 0 Å². The molecule has 1 aromatic carbocycles. The fourth-order valence-electron chi connectivity index (χ4n) is 2.04. The molecule has 0 saturated heterocycles. The maximum absolute atomic E-state index is 12.2. The molecule has 7 heteroatoms. The van der Waals surface area contributed by atoms with Gasteiger partial charge in [0.1, 0.15) is 0 Å². The van der Waals surface area contributed by atoms with E-state index in [1.54, 1.807) is 42.8 Å². The number of fused-ring (bicyclic) bond motifs is 1. The first-order valence-corrected chi connectivity index (χ1v) is 5.70. The maximum atomic E-state index is 12.2. The first-order valence-electron chi connectivity index (χ1n) is 5.70. The average Bonchev–Trinajstić information content (AvgIpc) is 2.61. The molecule has 1 N–H and O–H groups in total. The highest BCUT2D eigenvalue weighted by atomic mass is 19.4. The highest BCUT2D eigenvalue weighted by Gasteiger charge is 2.40. The van der Waals surface area contributed by atoms with E-state index in [0.717, 1.165) is 0 Å². The molecule has 2 amide bonds. The second-order valence-corrected chi connectivity index (χ2v) is 4.32. The van der Waals surface area contributed by atoms with Gasteiger partial charge in [0.25, 0.3) is 5.91 Å². The Bertz CT molecular complexity index is 701. The number of amides is 2. The summed E-state index contributed by atoms with van der Waals surface area (Å²) in [6.07, 6.45) is -5.09. The van der Waals surface area contributed by atoms with Crippen LogP contribution in [0.25, 0.3) is 10.9 Å². The number of hydrogen-bond acceptors (Lipinski definition) is 2. The molecule has 2 aromatic rings. The summed E-state index contributed by atoms with van der Waals surface area (Å²) in [5.41, 5.74) is 1.26. The van der Waals surface area contributed by atoms with Crippen LogP contribution in [-0.2, 0) is 11.8 Å². The molecule has 0 atom stereocenters. The van der Waals surface area contributed by atoms with Crippen LogP contribution in [0.1, 0.15) is 16.1 Å². The lowest BCUT2D eigenvalue weighted by atomic mass is 10.1. The van der Waals surface area contributed by atoms with Crippen LogP contribution < -0.4 is 5.32 Å². The summed E-state index contributed by atoms with van der Waals surface area (Å²) in [6.45, 7) is 1.60. The molecular weight excluding hydrogens is 273 g/mol. The SMILES string of the molecule is Cc1c(C(=O)NC(=O)C(F)(F)F)c2ccccc2n1C. The quantitative estimate of drug-likeness (QED) is 0.873. The van der Waals surface area contributed by atoms with Crippen molar-refractivity contribution < 1.29 is 22.8 Å². The van der Waals surface area contributed by atoms with Gasteiger partial charge in [-0.2, -0.15) is 13.2 Å². The molecule has 0 saturated carbocycles. The van der Waals surface area contributed by atoms with Crippen molar-refractivity contribution in [3.63, 3.8) is 0 Å². The van der Waals surface area contributed by atoms with Crippen LogP contribution in [-0.4, -0.2) is 22.6 Å². The second-order valence-electron chi connectivity index (χ2n) is 4.32. The van der Waals surface area contributed by atoms with Crippen LogP contribution in [0.5, 0.6) is 0 Å². The zero-order valence-corrected chi connectivity index (χ0v) is 10.7. The molecule has 0 fully saturated rings. The number of halogens is 3. The molecule has 0 spiro atoms. The lowest BCUT2D eigenvalue weighted by molar-refractivity contribution is -0.172. The molecule has 0 aliphatic rings. The van der Waals surface area contributed by atoms with Crippen LogP contribution in [0.4, 0.5) is 13.2 Å². The van der Waals surface area contributed by atoms with Crippen molar-refractivity contribution in [1.82, 2.24) is 9.88 Å². The minimum Gasteiger partial charge on any atom is -0.347 e. The molecule has 0 aliphatic carbocycles. The predicted octanol–water partition coefficient (Wildman–Crippen LogP) is 2.31. The van der Waals surface area contributed by atoms with Gasteiger partial charge in [-0.1, -0.05) is 18.2 Å². The van der Waals surface area contributed by atoms with Crippen LogP contribution in [0, 0.1) is 6.92 Å². The topological polar surface area (TPSA) is 51.1 Å². The van der Waals surface area contributed by atoms with Crippen molar-refractivity contribution in [2.75, 3.05) is 0 Å². The van der Waals surface area contributed by atoms with Crippen molar-refractivity contribution in [2.45, 2.75) is 13.1 Å². The second kappa shape index (κ2) is 4.66. The van der Waals surface area contributed by atoms with Gasteiger partial charge in [0.2, 0.25) is 0 Å². The molecule has 106 valence electrons. The summed E-state index contributed by atoms with van der Waals surface area (Å²) in [7, 11) is 1.69. The zero-order chi connectivity index (χ0) is 15.1. The molecule has 20 heavy (non-hydrogen) atoms. The third kappa shape index (κ3) is 2.26. The van der Waals surface area contributed by atoms with E-state index in [9.17, 15) is 22.8 Å². The van der Waals surface area contributed by atoms with Crippen LogP contribution >= 0.6 is 0 Å². The van der Waals surface area contributed by atoms with E-state index in [1.165, 1.54) is 5.32 Å². The first-order chi connectivity index (χ1) is 9.23. The normalized spacial score (nSPS) is 11.7. The molecule has 0 bridgehead atoms. The van der Waals surface area contributed by atoms with E-state index in [0.29, 0.717) is 16.6 Å². The number of nitrogens with one attached hydrogen (secondary N) is 1. The molecule has 4 nitrogen and oxygen atoms in total. The van der Waals surface area contributed by atoms with Crippen molar-refractivity contribution >= 4 is 22.7 Å². The minimum absolute atomic E-state index is 0.0701. The third-order valence-electron chi connectivity index (χ3n) is 3.11. The Morgan fingerprint density at radius 2 is 1.80 bits per heavy atom. The van der Waals surface area contributed by atoms with Gasteiger partial charge in [0.05, 0.1) is 5.56 Å². The minimum atomic E-state index is -5.09. The van der Waals surface area contributed by atoms with Gasteiger partial charge in [-0.15, -0.1) is 0 Å². The summed E-state index contributed by atoms with van der Waals surface area (Å²) in [4.78, 5) is 22.7. The van der Waals surface area contributed by atoms with E-state index in [-0.39, 0.29) is 5.56 Å². The van der Waals surface area contributed by atoms with E-state index in [1.807, 2.05) is 0 Å². The summed E-state index contributed by atoms with van der Waals surface area (Å²) >= 11 is 0. The van der Waals surface area contributed by atoms with Crippen molar-refractivity contribution in [2.24, 2.45) is 7.05 Å². The summed E-state index contributed by atoms with van der Waals surface area (Å²) < 4.78 is 38.2. The number of aromatic nitrogens is 1. The van der Waals surface area contributed by atoms with Gasteiger partial charge < -0.3 is 4.57 Å². The Labute approximate surface area is 112 Å². The monoisotopic (exact) mass is 284 g/mol. The van der Waals surface area contributed by atoms with Gasteiger partial charge in [-0.25, -0.2) is 0 Å². The fourth-order valence-corrected chi connectivity index (χ4v) is 2.04. The van der Waals surface area contributed by atoms with Gasteiger partial charge in [0, 0.05) is 23.6 Å². The molecule has 2 rings (SSSR count). The standard InChI is InChI=1S/C13H11F3N2O2/c1-7-10(11(19)17-12(20)13(14,15)16)8-5-3-4-6-9(8)18(7)2/h3-6H,1-2H3,(H,17,19,20). The van der Waals surface area contributed by atoms with Crippen molar-refractivity contribution in [1.29, 1.82) is 0 Å². The molecule has 0 radical (unpaired) electrons. The number of aryl methyl sites for hydroxylation is 1. The number of imide groups is 1. The average molecular weight is 284 g/mol. The Morgan fingerprint density at radius 3 is 2.40 bits per heavy atom. The lowest BCUT2D eigenvalue weighted by Gasteiger charge is -2.07. The van der Waals surface area contributed by atoms with Crippen molar-refractivity contribution in [3.05, 3.63) is 35.5 Å². The highest BCUT2D eigenvalue weighted by Crippen LogP contribution is 2.25. The van der Waals surface area contributed by atoms with E-state index < -0.39 is 18.0 Å². The third-order valence-corrected chi connectivity index (χ3v) is 3.11. The maximum Gasteiger partial charge on any atom is 0.471 e. The predicted molar refractivity (Wildman–Crippen MR) is 66.2 cm³/mol. The van der Waals surface area contributed by atoms with Gasteiger partial charge in [-0.05, 0) is 13.0 Å². The van der Waals surface area contributed by atoms with Crippen LogP contribution in [0.2, 0.25) is 0 Å². The summed E-state index contributed by atoms with van der Waals surface area (Å²) in [6, 6.07) is 6.79. The number of para-hydroxylation sites is 1. The smallest absolute Gasteiger partial charge is 0.347 e. The number of rotatable bonds is 1. The number of alkyl halides is 3. The Morgan fingerprint density at radius 1 is 1.20 bits per heavy atom. The number of hydrogen-bond donors (Lipinski definition) is 1. The Kier molecular flexibility index (Phi) is 3.29. The van der Waals surface area contributed by atoms with Gasteiger partial charge >= 0.3 is 12.1 Å². The van der Waals surface area contributed by atoms with Gasteiger partial charge in [-0.3, -0.25) is 14.9 Å². The molecule has 1 aromatic heterocycles. The van der Waals surface area contributed by atoms with Crippen LogP contribution in [0.15, 0.2) is 24.3 Å². The lowest BCUT2D eigenvalue weighted by Crippen LogP contribution is -2.40. The number of carbonyl (C=O) groups is 2. The molecular formula is C13H11F3N2O2. The molecule has 0 unspecified atom stereocenters.